The van der Waals surface area contributed by atoms with Crippen LogP contribution in [0.3, 0.4) is 0 Å². The molecule has 8 heteroatoms. The molecule has 2 aliphatic heterocycles. The lowest BCUT2D eigenvalue weighted by molar-refractivity contribution is -0.0318. The quantitative estimate of drug-likeness (QED) is 0.684. The van der Waals surface area contributed by atoms with Crippen molar-refractivity contribution in [3.63, 3.8) is 0 Å². The van der Waals surface area contributed by atoms with E-state index in [2.05, 4.69) is 16.0 Å². The highest BCUT2D eigenvalue weighted by atomic mass is 16.5. The number of nitrogens with two attached hydrogens (primary N) is 1. The van der Waals surface area contributed by atoms with Gasteiger partial charge in [-0.05, 0) is 36.2 Å². The first kappa shape index (κ1) is 19.4. The van der Waals surface area contributed by atoms with E-state index in [9.17, 15) is 4.79 Å². The van der Waals surface area contributed by atoms with Gasteiger partial charge in [-0.2, -0.15) is 5.26 Å². The average Bonchev–Trinajstić information content (AvgIpc) is 3.29. The maximum atomic E-state index is 13.6. The predicted octanol–water partition coefficient (Wildman–Crippen LogP) is 2.72. The van der Waals surface area contributed by atoms with Gasteiger partial charge in [0, 0.05) is 10.9 Å². The number of nitrogens with zero attached hydrogens (tertiary/aromatic N) is 4. The summed E-state index contributed by atoms with van der Waals surface area (Å²) in [6, 6.07) is 10.8. The van der Waals surface area contributed by atoms with Crippen molar-refractivity contribution < 1.29 is 14.3 Å². The van der Waals surface area contributed by atoms with E-state index >= 15 is 0 Å². The molecule has 5 rings (SSSR count). The first-order valence-corrected chi connectivity index (χ1v) is 10.1. The highest BCUT2D eigenvalue weighted by Crippen LogP contribution is 2.33. The van der Waals surface area contributed by atoms with Gasteiger partial charge in [-0.3, -0.25) is 4.79 Å². The Labute approximate surface area is 179 Å². The first-order valence-electron chi connectivity index (χ1n) is 10.1. The molecule has 0 bridgehead atoms. The molecule has 2 aliphatic rings. The molecular formula is C23H21N5O3. The number of nitrogen functional groups attached to an aromatic ring is 1. The van der Waals surface area contributed by atoms with Crippen LogP contribution in [-0.4, -0.2) is 40.0 Å². The lowest BCUT2D eigenvalue weighted by Crippen LogP contribution is -2.49. The van der Waals surface area contributed by atoms with Crippen molar-refractivity contribution in [2.45, 2.75) is 32.2 Å². The van der Waals surface area contributed by atoms with Crippen molar-refractivity contribution in [1.29, 1.82) is 5.26 Å². The molecule has 31 heavy (non-hydrogen) atoms. The number of anilines is 1. The van der Waals surface area contributed by atoms with Gasteiger partial charge < -0.3 is 20.1 Å². The number of fused-ring (bicyclic) bond motifs is 3. The van der Waals surface area contributed by atoms with Crippen LogP contribution in [0.4, 0.5) is 5.82 Å². The second-order valence-corrected chi connectivity index (χ2v) is 7.88. The predicted molar refractivity (Wildman–Crippen MR) is 113 cm³/mol. The molecule has 0 saturated carbocycles. The highest BCUT2D eigenvalue weighted by molar-refractivity contribution is 5.97. The number of benzene rings is 1. The van der Waals surface area contributed by atoms with E-state index in [1.807, 2.05) is 24.0 Å². The van der Waals surface area contributed by atoms with Gasteiger partial charge in [0.25, 0.3) is 5.91 Å². The molecule has 2 atom stereocenters. The molecule has 0 spiro atoms. The van der Waals surface area contributed by atoms with Gasteiger partial charge in [-0.25, -0.2) is 9.97 Å². The number of aromatic nitrogens is 2. The third kappa shape index (κ3) is 3.28. The summed E-state index contributed by atoms with van der Waals surface area (Å²) in [6.45, 7) is 3.67. The molecule has 8 nitrogen and oxygen atoms in total. The summed E-state index contributed by atoms with van der Waals surface area (Å²) in [7, 11) is 0. The van der Waals surface area contributed by atoms with E-state index in [-0.39, 0.29) is 18.0 Å². The molecular weight excluding hydrogens is 394 g/mol. The Kier molecular flexibility index (Phi) is 4.77. The van der Waals surface area contributed by atoms with E-state index in [1.54, 1.807) is 24.4 Å². The van der Waals surface area contributed by atoms with E-state index in [4.69, 9.17) is 20.5 Å². The average molecular weight is 415 g/mol. The molecule has 0 radical (unpaired) electrons. The van der Waals surface area contributed by atoms with Crippen LogP contribution in [0.2, 0.25) is 0 Å². The van der Waals surface area contributed by atoms with Crippen molar-refractivity contribution >= 4 is 22.6 Å². The lowest BCUT2D eigenvalue weighted by atomic mass is 10.00. The summed E-state index contributed by atoms with van der Waals surface area (Å²) in [5.74, 6) is 0.278. The van der Waals surface area contributed by atoms with Gasteiger partial charge in [0.15, 0.2) is 0 Å². The van der Waals surface area contributed by atoms with Crippen LogP contribution < -0.4 is 5.73 Å². The Morgan fingerprint density at radius 3 is 2.74 bits per heavy atom. The zero-order chi connectivity index (χ0) is 21.5. The second-order valence-electron chi connectivity index (χ2n) is 7.88. The molecule has 2 N–H and O–H groups in total. The molecule has 3 aromatic rings. The van der Waals surface area contributed by atoms with Gasteiger partial charge in [-0.1, -0.05) is 12.1 Å². The fraction of sp³-hybridized carbons (Fsp3) is 0.304. The van der Waals surface area contributed by atoms with Crippen molar-refractivity contribution in [3.8, 4) is 6.07 Å². The maximum absolute atomic E-state index is 13.6. The minimum atomic E-state index is -0.264. The van der Waals surface area contributed by atoms with Gasteiger partial charge in [0.2, 0.25) is 0 Å². The van der Waals surface area contributed by atoms with Crippen LogP contribution in [-0.2, 0) is 22.7 Å². The summed E-state index contributed by atoms with van der Waals surface area (Å²) in [5.41, 5.74) is 10.4. The van der Waals surface area contributed by atoms with Crippen LogP contribution in [0.25, 0.3) is 10.9 Å². The molecule has 156 valence electrons. The van der Waals surface area contributed by atoms with E-state index in [1.165, 1.54) is 0 Å². The summed E-state index contributed by atoms with van der Waals surface area (Å²) in [6.07, 6.45) is 1.60. The zero-order valence-corrected chi connectivity index (χ0v) is 17.0. The van der Waals surface area contributed by atoms with E-state index < -0.39 is 0 Å². The Morgan fingerprint density at radius 1 is 1.19 bits per heavy atom. The molecule has 1 aromatic carbocycles. The number of nitriles is 1. The SMILES string of the molecule is C[C@@H]1COC[C@H](c2ccc(C#N)cc2)N1C(=O)c1cc2c3c(c(N)nc2cn1)COC3. The number of carbonyl (C=O) groups is 1. The topological polar surface area (TPSA) is 114 Å². The summed E-state index contributed by atoms with van der Waals surface area (Å²) < 4.78 is 11.3. The number of hydrogen-bond donors (Lipinski definition) is 1. The van der Waals surface area contributed by atoms with Crippen LogP contribution in [0, 0.1) is 11.3 Å². The summed E-state index contributed by atoms with van der Waals surface area (Å²) in [5, 5.41) is 9.91. The molecule has 1 saturated heterocycles. The third-order valence-corrected chi connectivity index (χ3v) is 5.94. The molecule has 4 heterocycles. The van der Waals surface area contributed by atoms with Crippen molar-refractivity contribution in [1.82, 2.24) is 14.9 Å². The fourth-order valence-electron chi connectivity index (χ4n) is 4.32. The van der Waals surface area contributed by atoms with Crippen LogP contribution in [0.1, 0.15) is 45.7 Å². The number of pyridine rings is 2. The lowest BCUT2D eigenvalue weighted by Gasteiger charge is -2.40. The van der Waals surface area contributed by atoms with Gasteiger partial charge in [0.05, 0.1) is 61.9 Å². The van der Waals surface area contributed by atoms with Crippen LogP contribution in [0.5, 0.6) is 0 Å². The minimum Gasteiger partial charge on any atom is -0.383 e. The Bertz CT molecular complexity index is 1220. The van der Waals surface area contributed by atoms with Crippen LogP contribution in [0.15, 0.2) is 36.5 Å². The zero-order valence-electron chi connectivity index (χ0n) is 17.0. The van der Waals surface area contributed by atoms with Gasteiger partial charge >= 0.3 is 0 Å². The number of morpholine rings is 1. The molecule has 1 amide bonds. The Balaban J connectivity index is 1.54. The molecule has 0 unspecified atom stereocenters. The molecule has 1 fully saturated rings. The smallest absolute Gasteiger partial charge is 0.273 e. The normalized spacial score (nSPS) is 20.5. The number of amides is 1. The summed E-state index contributed by atoms with van der Waals surface area (Å²) >= 11 is 0. The van der Waals surface area contributed by atoms with Crippen LogP contribution >= 0.6 is 0 Å². The Morgan fingerprint density at radius 2 is 1.97 bits per heavy atom. The number of carbonyl (C=O) groups excluding carboxylic acids is 1. The van der Waals surface area contributed by atoms with E-state index in [0.29, 0.717) is 49.0 Å². The third-order valence-electron chi connectivity index (χ3n) is 5.94. The second kappa shape index (κ2) is 7.61. The van der Waals surface area contributed by atoms with E-state index in [0.717, 1.165) is 22.1 Å². The van der Waals surface area contributed by atoms with Crippen molar-refractivity contribution in [3.05, 3.63) is 64.5 Å². The molecule has 0 aliphatic carbocycles. The number of ether oxygens (including phenoxy) is 2. The standard InChI is InChI=1S/C23H21N5O3/c1-13-9-30-12-21(15-4-2-14(7-24)3-5-15)28(13)23(29)19-6-16-17-10-31-11-18(17)22(25)27-20(16)8-26-19/h2-6,8,13,21H,9-12H2,1H3,(H2,25,27)/t13-,21-/m1/s1. The number of rotatable bonds is 2. The monoisotopic (exact) mass is 415 g/mol. The maximum Gasteiger partial charge on any atom is 0.273 e. The van der Waals surface area contributed by atoms with Crippen molar-refractivity contribution in [2.24, 2.45) is 0 Å². The first-order chi connectivity index (χ1) is 15.1. The highest BCUT2D eigenvalue weighted by Gasteiger charge is 2.35. The molecule has 2 aromatic heterocycles. The fourth-order valence-corrected chi connectivity index (χ4v) is 4.32. The summed E-state index contributed by atoms with van der Waals surface area (Å²) in [4.78, 5) is 24.2. The van der Waals surface area contributed by atoms with Gasteiger partial charge in [0.1, 0.15) is 11.5 Å². The number of hydrogen-bond acceptors (Lipinski definition) is 7. The van der Waals surface area contributed by atoms with Gasteiger partial charge in [-0.15, -0.1) is 0 Å². The largest absolute Gasteiger partial charge is 0.383 e. The van der Waals surface area contributed by atoms with Crippen molar-refractivity contribution in [2.75, 3.05) is 18.9 Å². The Hall–Kier alpha value is -3.54. The minimum absolute atomic E-state index is 0.127.